The first-order valence-electron chi connectivity index (χ1n) is 6.68. The van der Waals surface area contributed by atoms with Crippen molar-refractivity contribution in [3.8, 4) is 0 Å². The number of aliphatic carboxylic acids is 1. The van der Waals surface area contributed by atoms with E-state index >= 15 is 0 Å². The van der Waals surface area contributed by atoms with Crippen LogP contribution in [0.3, 0.4) is 0 Å². The van der Waals surface area contributed by atoms with Crippen LogP contribution in [0.2, 0.25) is 0 Å². The molecule has 1 unspecified atom stereocenters. The smallest absolute Gasteiger partial charge is 0.305 e. The molecular formula is C16H13NO4S. The van der Waals surface area contributed by atoms with E-state index in [0.717, 1.165) is 10.3 Å². The van der Waals surface area contributed by atoms with E-state index in [4.69, 9.17) is 9.52 Å². The van der Waals surface area contributed by atoms with Crippen LogP contribution in [0.1, 0.15) is 27.9 Å². The monoisotopic (exact) mass is 315 g/mol. The Morgan fingerprint density at radius 3 is 2.73 bits per heavy atom. The van der Waals surface area contributed by atoms with Gasteiger partial charge in [-0.15, -0.1) is 11.3 Å². The van der Waals surface area contributed by atoms with Gasteiger partial charge in [0, 0.05) is 10.3 Å². The maximum atomic E-state index is 12.3. The molecule has 0 saturated carbocycles. The molecule has 0 fully saturated rings. The molecule has 3 aromatic rings. The van der Waals surface area contributed by atoms with E-state index in [0.29, 0.717) is 5.58 Å². The van der Waals surface area contributed by atoms with Gasteiger partial charge in [0.2, 0.25) is 0 Å². The number of carboxylic acids is 1. The van der Waals surface area contributed by atoms with Crippen molar-refractivity contribution in [1.29, 1.82) is 0 Å². The molecule has 1 atom stereocenters. The van der Waals surface area contributed by atoms with Crippen molar-refractivity contribution >= 4 is 34.2 Å². The number of benzene rings is 1. The van der Waals surface area contributed by atoms with E-state index in [1.54, 1.807) is 18.2 Å². The Balaban J connectivity index is 1.82. The van der Waals surface area contributed by atoms with Gasteiger partial charge in [-0.2, -0.15) is 0 Å². The zero-order chi connectivity index (χ0) is 15.5. The van der Waals surface area contributed by atoms with E-state index in [-0.39, 0.29) is 12.2 Å². The Morgan fingerprint density at radius 2 is 2.05 bits per heavy atom. The first-order chi connectivity index (χ1) is 10.6. The van der Waals surface area contributed by atoms with Gasteiger partial charge in [-0.1, -0.05) is 24.3 Å². The van der Waals surface area contributed by atoms with Crippen LogP contribution in [-0.2, 0) is 4.79 Å². The number of carbonyl (C=O) groups excluding carboxylic acids is 1. The summed E-state index contributed by atoms with van der Waals surface area (Å²) in [5.41, 5.74) is 0.624. The number of carbonyl (C=O) groups is 2. The number of para-hydroxylation sites is 1. The molecule has 6 heteroatoms. The van der Waals surface area contributed by atoms with Crippen LogP contribution in [0.5, 0.6) is 0 Å². The largest absolute Gasteiger partial charge is 0.481 e. The summed E-state index contributed by atoms with van der Waals surface area (Å²) in [6, 6.07) is 12.0. The van der Waals surface area contributed by atoms with Crippen molar-refractivity contribution in [2.75, 3.05) is 0 Å². The number of furan rings is 1. The predicted octanol–water partition coefficient (Wildman–Crippen LogP) is 3.44. The number of rotatable bonds is 5. The normalized spacial score (nSPS) is 12.2. The van der Waals surface area contributed by atoms with Gasteiger partial charge in [0.25, 0.3) is 5.91 Å². The molecule has 1 aromatic carbocycles. The van der Waals surface area contributed by atoms with Crippen molar-refractivity contribution in [2.45, 2.75) is 12.5 Å². The van der Waals surface area contributed by atoms with Gasteiger partial charge >= 0.3 is 5.97 Å². The number of amides is 1. The number of carboxylic acid groups (broad SMARTS) is 1. The van der Waals surface area contributed by atoms with E-state index in [2.05, 4.69) is 5.32 Å². The molecule has 0 aliphatic heterocycles. The van der Waals surface area contributed by atoms with Crippen molar-refractivity contribution in [3.63, 3.8) is 0 Å². The number of thiophene rings is 1. The molecule has 2 heterocycles. The zero-order valence-electron chi connectivity index (χ0n) is 11.5. The lowest BCUT2D eigenvalue weighted by molar-refractivity contribution is -0.137. The fourth-order valence-corrected chi connectivity index (χ4v) is 2.99. The van der Waals surface area contributed by atoms with Crippen LogP contribution in [0.25, 0.3) is 11.0 Å². The number of nitrogens with one attached hydrogen (secondary N) is 1. The molecule has 0 spiro atoms. The summed E-state index contributed by atoms with van der Waals surface area (Å²) in [4.78, 5) is 24.1. The summed E-state index contributed by atoms with van der Waals surface area (Å²) < 4.78 is 5.50. The summed E-state index contributed by atoms with van der Waals surface area (Å²) in [6.45, 7) is 0. The van der Waals surface area contributed by atoms with Crippen LogP contribution in [-0.4, -0.2) is 17.0 Å². The van der Waals surface area contributed by atoms with Gasteiger partial charge in [-0.25, -0.2) is 0 Å². The van der Waals surface area contributed by atoms with Crippen LogP contribution < -0.4 is 5.32 Å². The highest BCUT2D eigenvalue weighted by molar-refractivity contribution is 7.10. The average molecular weight is 315 g/mol. The van der Waals surface area contributed by atoms with Gasteiger partial charge < -0.3 is 14.8 Å². The summed E-state index contributed by atoms with van der Waals surface area (Å²) in [7, 11) is 0. The topological polar surface area (TPSA) is 79.5 Å². The second-order valence-corrected chi connectivity index (χ2v) is 5.77. The van der Waals surface area contributed by atoms with Gasteiger partial charge in [0.1, 0.15) is 5.58 Å². The highest BCUT2D eigenvalue weighted by Crippen LogP contribution is 2.24. The van der Waals surface area contributed by atoms with Crippen LogP contribution >= 0.6 is 11.3 Å². The highest BCUT2D eigenvalue weighted by Gasteiger charge is 2.21. The average Bonchev–Trinajstić information content (AvgIpc) is 3.15. The van der Waals surface area contributed by atoms with Gasteiger partial charge in [-0.05, 0) is 23.6 Å². The molecule has 0 aliphatic carbocycles. The maximum absolute atomic E-state index is 12.3. The molecule has 5 nitrogen and oxygen atoms in total. The van der Waals surface area contributed by atoms with E-state index in [9.17, 15) is 9.59 Å². The molecular weight excluding hydrogens is 302 g/mol. The Bertz CT molecular complexity index is 774. The molecule has 0 radical (unpaired) electrons. The number of fused-ring (bicyclic) bond motifs is 1. The standard InChI is InChI=1S/C16H13NO4S/c18-15(19)9-11(14-6-3-7-22-14)17-16(20)13-8-10-4-1-2-5-12(10)21-13/h1-8,11H,9H2,(H,17,20)(H,18,19). The van der Waals surface area contributed by atoms with Gasteiger partial charge in [0.05, 0.1) is 12.5 Å². The van der Waals surface area contributed by atoms with Crippen LogP contribution in [0, 0.1) is 0 Å². The lowest BCUT2D eigenvalue weighted by Gasteiger charge is -2.14. The molecule has 0 saturated heterocycles. The predicted molar refractivity (Wildman–Crippen MR) is 83.0 cm³/mol. The van der Waals surface area contributed by atoms with Crippen molar-refractivity contribution < 1.29 is 19.1 Å². The first kappa shape index (κ1) is 14.3. The van der Waals surface area contributed by atoms with Crippen molar-refractivity contribution in [2.24, 2.45) is 0 Å². The third-order valence-corrected chi connectivity index (χ3v) is 4.21. The highest BCUT2D eigenvalue weighted by atomic mass is 32.1. The number of hydrogen-bond donors (Lipinski definition) is 2. The summed E-state index contributed by atoms with van der Waals surface area (Å²) in [6.07, 6.45) is -0.174. The second kappa shape index (κ2) is 6.03. The SMILES string of the molecule is O=C(O)CC(NC(=O)c1cc2ccccc2o1)c1cccs1. The molecule has 2 aromatic heterocycles. The zero-order valence-corrected chi connectivity index (χ0v) is 12.3. The lowest BCUT2D eigenvalue weighted by atomic mass is 10.1. The number of hydrogen-bond acceptors (Lipinski definition) is 4. The Kier molecular flexibility index (Phi) is 3.93. The lowest BCUT2D eigenvalue weighted by Crippen LogP contribution is -2.29. The minimum Gasteiger partial charge on any atom is -0.481 e. The first-order valence-corrected chi connectivity index (χ1v) is 7.56. The van der Waals surface area contributed by atoms with Crippen molar-refractivity contribution in [1.82, 2.24) is 5.32 Å². The summed E-state index contributed by atoms with van der Waals surface area (Å²) in [5.74, 6) is -1.22. The van der Waals surface area contributed by atoms with Gasteiger partial charge in [0.15, 0.2) is 5.76 Å². The Hall–Kier alpha value is -2.60. The summed E-state index contributed by atoms with van der Waals surface area (Å²) in [5, 5.41) is 14.4. The molecule has 22 heavy (non-hydrogen) atoms. The molecule has 1 amide bonds. The third kappa shape index (κ3) is 3.01. The third-order valence-electron chi connectivity index (χ3n) is 3.22. The van der Waals surface area contributed by atoms with Gasteiger partial charge in [-0.3, -0.25) is 9.59 Å². The quantitative estimate of drug-likeness (QED) is 0.756. The van der Waals surface area contributed by atoms with Crippen molar-refractivity contribution in [3.05, 3.63) is 58.5 Å². The molecule has 0 aliphatic rings. The second-order valence-electron chi connectivity index (χ2n) is 4.79. The molecule has 3 rings (SSSR count). The Labute approximate surface area is 130 Å². The van der Waals surface area contributed by atoms with E-state index in [1.807, 2.05) is 29.6 Å². The molecule has 112 valence electrons. The Morgan fingerprint density at radius 1 is 1.23 bits per heavy atom. The fourth-order valence-electron chi connectivity index (χ4n) is 2.21. The minimum atomic E-state index is -0.969. The summed E-state index contributed by atoms with van der Waals surface area (Å²) >= 11 is 1.41. The van der Waals surface area contributed by atoms with E-state index < -0.39 is 17.9 Å². The van der Waals surface area contributed by atoms with Crippen LogP contribution in [0.15, 0.2) is 52.3 Å². The molecule has 0 bridgehead atoms. The minimum absolute atomic E-state index is 0.174. The maximum Gasteiger partial charge on any atom is 0.305 e. The van der Waals surface area contributed by atoms with E-state index in [1.165, 1.54) is 11.3 Å². The fraction of sp³-hybridized carbons (Fsp3) is 0.125. The van der Waals surface area contributed by atoms with Crippen LogP contribution in [0.4, 0.5) is 0 Å². The molecule has 2 N–H and O–H groups in total.